The number of carboxylic acid groups (broad SMARTS) is 1. The molecule has 0 saturated carbocycles. The number of carbonyl (C=O) groups excluding carboxylic acids is 3. The fourth-order valence-corrected chi connectivity index (χ4v) is 4.82. The molecule has 0 aromatic carbocycles. The van der Waals surface area contributed by atoms with Crippen molar-refractivity contribution < 1.29 is 42.9 Å². The Kier molecular flexibility index (Phi) is 31.6. The van der Waals surface area contributed by atoms with Gasteiger partial charge in [-0.2, -0.15) is 0 Å². The maximum absolute atomic E-state index is 12.7. The molecular weight excluding hydrogens is 634 g/mol. The molecule has 0 aromatic rings. The third-order valence-corrected chi connectivity index (χ3v) is 7.84. The van der Waals surface area contributed by atoms with Crippen molar-refractivity contribution >= 4 is 17.9 Å². The summed E-state index contributed by atoms with van der Waals surface area (Å²) in [6.45, 7) is 4.53. The molecule has 0 saturated heterocycles. The lowest BCUT2D eigenvalue weighted by atomic mass is 10.1. The quantitative estimate of drug-likeness (QED) is 0.0218. The molecule has 0 rings (SSSR count). The van der Waals surface area contributed by atoms with Crippen molar-refractivity contribution in [2.45, 2.75) is 148 Å². The zero-order valence-electron chi connectivity index (χ0n) is 32.3. The standard InChI is InChI=1S/C41H71NO8/c1-6-8-10-12-14-16-17-18-19-20-21-22-23-24-26-28-30-32-39(44)50-37(36-49-41(40(45)46)47-34-33-42(3,4)5)35-48-38(43)31-29-27-25-15-13-11-9-7-2/h8,10,14,16,18-19,21-22,37,41H,6-7,9,11-13,15,17,20,23-36H2,1-5H3/b10-8-,16-14-,19-18-,22-21-. The van der Waals surface area contributed by atoms with Crippen LogP contribution in [0.1, 0.15) is 136 Å². The molecule has 0 N–H and O–H groups in total. The van der Waals surface area contributed by atoms with Gasteiger partial charge in [0.25, 0.3) is 0 Å². The lowest BCUT2D eigenvalue weighted by Gasteiger charge is -2.26. The third kappa shape index (κ3) is 33.7. The summed E-state index contributed by atoms with van der Waals surface area (Å²) in [4.78, 5) is 36.7. The normalized spacial score (nSPS) is 13.5. The van der Waals surface area contributed by atoms with Crippen molar-refractivity contribution in [3.8, 4) is 0 Å². The molecule has 0 spiro atoms. The van der Waals surface area contributed by atoms with Crippen LogP contribution < -0.4 is 5.11 Å². The van der Waals surface area contributed by atoms with Crippen molar-refractivity contribution in [1.29, 1.82) is 0 Å². The summed E-state index contributed by atoms with van der Waals surface area (Å²) >= 11 is 0. The molecular formula is C41H71NO8. The second-order valence-electron chi connectivity index (χ2n) is 13.8. The number of carboxylic acids is 1. The molecule has 0 aliphatic heterocycles. The van der Waals surface area contributed by atoms with Gasteiger partial charge < -0.3 is 33.3 Å². The zero-order valence-corrected chi connectivity index (χ0v) is 32.3. The molecule has 50 heavy (non-hydrogen) atoms. The van der Waals surface area contributed by atoms with Gasteiger partial charge in [-0.25, -0.2) is 0 Å². The number of ether oxygens (including phenoxy) is 4. The monoisotopic (exact) mass is 706 g/mol. The van der Waals surface area contributed by atoms with Crippen molar-refractivity contribution in [3.05, 3.63) is 48.6 Å². The minimum atomic E-state index is -1.62. The molecule has 0 fully saturated rings. The molecule has 0 aliphatic rings. The van der Waals surface area contributed by atoms with Gasteiger partial charge in [-0.15, -0.1) is 0 Å². The highest BCUT2D eigenvalue weighted by Gasteiger charge is 2.21. The van der Waals surface area contributed by atoms with Crippen LogP contribution >= 0.6 is 0 Å². The predicted octanol–water partition coefficient (Wildman–Crippen LogP) is 7.93. The van der Waals surface area contributed by atoms with Gasteiger partial charge in [-0.3, -0.25) is 9.59 Å². The van der Waals surface area contributed by atoms with Crippen LogP contribution in [0.25, 0.3) is 0 Å². The number of aliphatic carboxylic acids is 1. The summed E-state index contributed by atoms with van der Waals surface area (Å²) in [6, 6.07) is 0. The van der Waals surface area contributed by atoms with Crippen molar-refractivity contribution in [1.82, 2.24) is 0 Å². The van der Waals surface area contributed by atoms with E-state index in [0.717, 1.165) is 70.6 Å². The van der Waals surface area contributed by atoms with E-state index in [4.69, 9.17) is 18.9 Å². The number of carbonyl (C=O) groups is 3. The number of hydrogen-bond acceptors (Lipinski definition) is 8. The lowest BCUT2D eigenvalue weighted by molar-refractivity contribution is -0.870. The van der Waals surface area contributed by atoms with Crippen LogP contribution in [0, 0.1) is 0 Å². The summed E-state index contributed by atoms with van der Waals surface area (Å²) in [6.07, 6.45) is 33.0. The highest BCUT2D eigenvalue weighted by molar-refractivity contribution is 5.70. The second kappa shape index (κ2) is 33.4. The summed E-state index contributed by atoms with van der Waals surface area (Å²) < 4.78 is 22.4. The Balaban J connectivity index is 4.55. The van der Waals surface area contributed by atoms with E-state index >= 15 is 0 Å². The number of likely N-dealkylation sites (N-methyl/N-ethyl adjacent to an activating group) is 1. The maximum atomic E-state index is 12.7. The number of quaternary nitrogens is 1. The molecule has 0 heterocycles. The van der Waals surface area contributed by atoms with Gasteiger partial charge in [0.15, 0.2) is 12.4 Å². The van der Waals surface area contributed by atoms with Crippen LogP contribution in [-0.2, 0) is 33.3 Å². The Morgan fingerprint density at radius 1 is 0.620 bits per heavy atom. The van der Waals surface area contributed by atoms with E-state index in [-0.39, 0.29) is 38.6 Å². The lowest BCUT2D eigenvalue weighted by Crippen LogP contribution is -2.44. The van der Waals surface area contributed by atoms with Crippen LogP contribution in [0.15, 0.2) is 48.6 Å². The van der Waals surface area contributed by atoms with Crippen molar-refractivity contribution in [2.24, 2.45) is 0 Å². The SMILES string of the molecule is CC/C=C\C/C=C\C/C=C\C/C=C\CCCCCCC(=O)OC(COC(=O)CCCCCCCCCC)COC(OCC[N+](C)(C)C)C(=O)[O-]. The first-order chi connectivity index (χ1) is 24.1. The van der Waals surface area contributed by atoms with E-state index in [1.165, 1.54) is 32.1 Å². The Bertz CT molecular complexity index is 966. The first-order valence-electron chi connectivity index (χ1n) is 19.3. The minimum absolute atomic E-state index is 0.141. The van der Waals surface area contributed by atoms with E-state index in [0.29, 0.717) is 17.4 Å². The number of hydrogen-bond donors (Lipinski definition) is 0. The average Bonchev–Trinajstić information content (AvgIpc) is 3.06. The average molecular weight is 706 g/mol. The van der Waals surface area contributed by atoms with Gasteiger partial charge >= 0.3 is 11.9 Å². The van der Waals surface area contributed by atoms with Gasteiger partial charge in [0.2, 0.25) is 0 Å². The van der Waals surface area contributed by atoms with Gasteiger partial charge in [0.1, 0.15) is 13.2 Å². The van der Waals surface area contributed by atoms with Gasteiger partial charge in [-0.05, 0) is 51.4 Å². The van der Waals surface area contributed by atoms with Gasteiger partial charge in [0.05, 0.1) is 40.3 Å². The van der Waals surface area contributed by atoms with Crippen LogP contribution in [0.2, 0.25) is 0 Å². The fourth-order valence-electron chi connectivity index (χ4n) is 4.82. The highest BCUT2D eigenvalue weighted by atomic mass is 16.7. The molecule has 0 aromatic heterocycles. The van der Waals surface area contributed by atoms with Crippen molar-refractivity contribution in [3.63, 3.8) is 0 Å². The smallest absolute Gasteiger partial charge is 0.306 e. The maximum Gasteiger partial charge on any atom is 0.306 e. The summed E-state index contributed by atoms with van der Waals surface area (Å²) in [5.41, 5.74) is 0. The van der Waals surface area contributed by atoms with E-state index in [1.807, 2.05) is 21.1 Å². The number of nitrogens with zero attached hydrogens (tertiary/aromatic N) is 1. The Morgan fingerprint density at radius 3 is 1.70 bits per heavy atom. The molecule has 0 radical (unpaired) electrons. The van der Waals surface area contributed by atoms with Crippen molar-refractivity contribution in [2.75, 3.05) is 47.5 Å². The van der Waals surface area contributed by atoms with Crippen LogP contribution in [-0.4, -0.2) is 82.3 Å². The largest absolute Gasteiger partial charge is 0.545 e. The van der Waals surface area contributed by atoms with Crippen LogP contribution in [0.3, 0.4) is 0 Å². The zero-order chi connectivity index (χ0) is 37.1. The molecule has 2 atom stereocenters. The number of unbranched alkanes of at least 4 members (excludes halogenated alkanes) is 11. The topological polar surface area (TPSA) is 111 Å². The highest BCUT2D eigenvalue weighted by Crippen LogP contribution is 2.12. The molecule has 9 nitrogen and oxygen atoms in total. The summed E-state index contributed by atoms with van der Waals surface area (Å²) in [7, 11) is 5.88. The van der Waals surface area contributed by atoms with E-state index < -0.39 is 24.3 Å². The molecule has 9 heteroatoms. The predicted molar refractivity (Wildman–Crippen MR) is 200 cm³/mol. The van der Waals surface area contributed by atoms with Gasteiger partial charge in [-0.1, -0.05) is 120 Å². The first kappa shape index (κ1) is 47.2. The molecule has 288 valence electrons. The Hall–Kier alpha value is -2.75. The molecule has 2 unspecified atom stereocenters. The molecule has 0 amide bonds. The Morgan fingerprint density at radius 2 is 1.14 bits per heavy atom. The second-order valence-corrected chi connectivity index (χ2v) is 13.8. The summed E-state index contributed by atoms with van der Waals surface area (Å²) in [5.74, 6) is -2.33. The molecule has 0 bridgehead atoms. The third-order valence-electron chi connectivity index (χ3n) is 7.84. The van der Waals surface area contributed by atoms with E-state index in [9.17, 15) is 19.5 Å². The fraction of sp³-hybridized carbons (Fsp3) is 0.732. The van der Waals surface area contributed by atoms with E-state index in [1.54, 1.807) is 0 Å². The minimum Gasteiger partial charge on any atom is -0.545 e. The molecule has 0 aliphatic carbocycles. The number of rotatable bonds is 34. The first-order valence-corrected chi connectivity index (χ1v) is 19.3. The van der Waals surface area contributed by atoms with E-state index in [2.05, 4.69) is 62.5 Å². The van der Waals surface area contributed by atoms with Crippen LogP contribution in [0.4, 0.5) is 0 Å². The Labute approximate surface area is 304 Å². The summed E-state index contributed by atoms with van der Waals surface area (Å²) in [5, 5.41) is 11.6. The van der Waals surface area contributed by atoms with Gasteiger partial charge in [0, 0.05) is 12.8 Å². The number of esters is 2. The van der Waals surface area contributed by atoms with Crippen LogP contribution in [0.5, 0.6) is 0 Å². The number of allylic oxidation sites excluding steroid dienone is 8.